The standard InChI is InChI=1S/C11H16N6O/c1-4-17-10(9(12)7(2)14-17)11(18)13-8-5-6-16(3)15-8/h5-6H,4,12H2,1-3H3,(H,13,15,18). The van der Waals surface area contributed by atoms with Crippen LogP contribution in [0.5, 0.6) is 0 Å². The molecule has 2 rings (SSSR count). The third-order valence-electron chi connectivity index (χ3n) is 2.64. The second kappa shape index (κ2) is 4.52. The number of nitrogens with two attached hydrogens (primary N) is 1. The summed E-state index contributed by atoms with van der Waals surface area (Å²) in [6, 6.07) is 1.72. The minimum absolute atomic E-state index is 0.298. The van der Waals surface area contributed by atoms with E-state index in [-0.39, 0.29) is 5.91 Å². The predicted molar refractivity (Wildman–Crippen MR) is 68.2 cm³/mol. The Bertz CT molecular complexity index is 582. The first kappa shape index (κ1) is 12.2. The highest BCUT2D eigenvalue weighted by Gasteiger charge is 2.19. The van der Waals surface area contributed by atoms with Gasteiger partial charge >= 0.3 is 0 Å². The van der Waals surface area contributed by atoms with Crippen LogP contribution in [0.25, 0.3) is 0 Å². The Morgan fingerprint density at radius 3 is 2.78 bits per heavy atom. The van der Waals surface area contributed by atoms with Crippen molar-refractivity contribution < 1.29 is 4.79 Å². The Balaban J connectivity index is 2.28. The van der Waals surface area contributed by atoms with Crippen molar-refractivity contribution >= 4 is 17.4 Å². The SMILES string of the molecule is CCn1nc(C)c(N)c1C(=O)Nc1ccn(C)n1. The minimum atomic E-state index is -0.298. The number of carbonyl (C=O) groups is 1. The largest absolute Gasteiger partial charge is 0.395 e. The van der Waals surface area contributed by atoms with E-state index >= 15 is 0 Å². The molecule has 2 aromatic heterocycles. The van der Waals surface area contributed by atoms with Gasteiger partial charge in [0.2, 0.25) is 0 Å². The molecular formula is C11H16N6O. The fourth-order valence-electron chi connectivity index (χ4n) is 1.72. The smallest absolute Gasteiger partial charge is 0.277 e. The molecule has 0 aromatic carbocycles. The van der Waals surface area contributed by atoms with E-state index in [9.17, 15) is 4.79 Å². The molecule has 96 valence electrons. The number of hydrogen-bond donors (Lipinski definition) is 2. The van der Waals surface area contributed by atoms with Gasteiger partial charge in [0.25, 0.3) is 5.91 Å². The average Bonchev–Trinajstić information content (AvgIpc) is 2.84. The number of nitrogen functional groups attached to an aromatic ring is 1. The highest BCUT2D eigenvalue weighted by Crippen LogP contribution is 2.17. The third-order valence-corrected chi connectivity index (χ3v) is 2.64. The van der Waals surface area contributed by atoms with Crippen molar-refractivity contribution in [2.75, 3.05) is 11.1 Å². The monoisotopic (exact) mass is 248 g/mol. The summed E-state index contributed by atoms with van der Waals surface area (Å²) in [5, 5.41) is 11.0. The molecule has 0 bridgehead atoms. The zero-order chi connectivity index (χ0) is 13.3. The Hall–Kier alpha value is -2.31. The lowest BCUT2D eigenvalue weighted by molar-refractivity contribution is 0.101. The molecule has 18 heavy (non-hydrogen) atoms. The topological polar surface area (TPSA) is 90.8 Å². The fraction of sp³-hybridized carbons (Fsp3) is 0.364. The lowest BCUT2D eigenvalue weighted by atomic mass is 10.3. The number of hydrogen-bond acceptors (Lipinski definition) is 4. The normalized spacial score (nSPS) is 10.6. The first-order valence-electron chi connectivity index (χ1n) is 5.66. The van der Waals surface area contributed by atoms with E-state index in [1.54, 1.807) is 35.6 Å². The summed E-state index contributed by atoms with van der Waals surface area (Å²) in [7, 11) is 1.78. The van der Waals surface area contributed by atoms with Crippen molar-refractivity contribution in [3.05, 3.63) is 23.7 Å². The number of nitrogens with zero attached hydrogens (tertiary/aromatic N) is 4. The van der Waals surface area contributed by atoms with E-state index in [1.807, 2.05) is 6.92 Å². The van der Waals surface area contributed by atoms with Gasteiger partial charge in [-0.25, -0.2) is 0 Å². The van der Waals surface area contributed by atoms with Gasteiger partial charge in [-0.2, -0.15) is 10.2 Å². The van der Waals surface area contributed by atoms with Crippen molar-refractivity contribution in [1.29, 1.82) is 0 Å². The summed E-state index contributed by atoms with van der Waals surface area (Å²) in [6.45, 7) is 4.27. The molecule has 7 heteroatoms. The van der Waals surface area contributed by atoms with Crippen molar-refractivity contribution in [2.45, 2.75) is 20.4 Å². The molecule has 0 aliphatic rings. The molecule has 1 amide bonds. The summed E-state index contributed by atoms with van der Waals surface area (Å²) in [4.78, 5) is 12.1. The van der Waals surface area contributed by atoms with Crippen molar-refractivity contribution in [3.8, 4) is 0 Å². The van der Waals surface area contributed by atoms with E-state index in [2.05, 4.69) is 15.5 Å². The lowest BCUT2D eigenvalue weighted by Gasteiger charge is -2.05. The first-order chi connectivity index (χ1) is 8.52. The van der Waals surface area contributed by atoms with Gasteiger partial charge in [0, 0.05) is 25.9 Å². The van der Waals surface area contributed by atoms with Crippen LogP contribution in [0.4, 0.5) is 11.5 Å². The lowest BCUT2D eigenvalue weighted by Crippen LogP contribution is -2.19. The average molecular weight is 248 g/mol. The Labute approximate surface area is 105 Å². The summed E-state index contributed by atoms with van der Waals surface area (Å²) < 4.78 is 3.20. The third kappa shape index (κ3) is 2.06. The van der Waals surface area contributed by atoms with Crippen molar-refractivity contribution in [3.63, 3.8) is 0 Å². The highest BCUT2D eigenvalue weighted by molar-refractivity contribution is 6.06. The summed E-state index contributed by atoms with van der Waals surface area (Å²) in [6.07, 6.45) is 1.75. The first-order valence-corrected chi connectivity index (χ1v) is 5.66. The van der Waals surface area contributed by atoms with Crippen molar-refractivity contribution in [2.24, 2.45) is 7.05 Å². The molecule has 0 fully saturated rings. The Kier molecular flexibility index (Phi) is 3.05. The molecule has 0 unspecified atom stereocenters. The van der Waals surface area contributed by atoms with Gasteiger partial charge in [-0.05, 0) is 13.8 Å². The molecule has 0 atom stereocenters. The Morgan fingerprint density at radius 1 is 1.50 bits per heavy atom. The molecule has 0 radical (unpaired) electrons. The summed E-state index contributed by atoms with van der Waals surface area (Å²) in [5.74, 6) is 0.192. The molecule has 0 saturated heterocycles. The van der Waals surface area contributed by atoms with Crippen LogP contribution in [-0.4, -0.2) is 25.5 Å². The number of anilines is 2. The van der Waals surface area contributed by atoms with Crippen LogP contribution in [0.2, 0.25) is 0 Å². The molecule has 3 N–H and O–H groups in total. The zero-order valence-corrected chi connectivity index (χ0v) is 10.6. The van der Waals surface area contributed by atoms with Crippen LogP contribution in [0.3, 0.4) is 0 Å². The molecular weight excluding hydrogens is 232 g/mol. The van der Waals surface area contributed by atoms with Crippen LogP contribution >= 0.6 is 0 Å². The van der Waals surface area contributed by atoms with Crippen LogP contribution in [-0.2, 0) is 13.6 Å². The van der Waals surface area contributed by atoms with Gasteiger partial charge in [0.1, 0.15) is 5.69 Å². The van der Waals surface area contributed by atoms with Crippen LogP contribution < -0.4 is 11.1 Å². The van der Waals surface area contributed by atoms with E-state index in [0.717, 1.165) is 0 Å². The molecule has 0 saturated carbocycles. The van der Waals surface area contributed by atoms with E-state index in [1.165, 1.54) is 0 Å². The number of carbonyl (C=O) groups excluding carboxylic acids is 1. The van der Waals surface area contributed by atoms with Gasteiger partial charge in [-0.15, -0.1) is 0 Å². The zero-order valence-electron chi connectivity index (χ0n) is 10.6. The minimum Gasteiger partial charge on any atom is -0.395 e. The molecule has 7 nitrogen and oxygen atoms in total. The number of aromatic nitrogens is 4. The number of aryl methyl sites for hydroxylation is 3. The number of rotatable bonds is 3. The van der Waals surface area contributed by atoms with Gasteiger partial charge in [0.15, 0.2) is 5.82 Å². The molecule has 2 aromatic rings. The quantitative estimate of drug-likeness (QED) is 0.839. The Morgan fingerprint density at radius 2 is 2.22 bits per heavy atom. The maximum absolute atomic E-state index is 12.1. The molecule has 0 aliphatic carbocycles. The van der Waals surface area contributed by atoms with Gasteiger partial charge in [0.05, 0.1) is 11.4 Å². The van der Waals surface area contributed by atoms with Gasteiger partial charge in [-0.3, -0.25) is 14.2 Å². The maximum Gasteiger partial charge on any atom is 0.277 e. The second-order valence-corrected chi connectivity index (χ2v) is 3.99. The fourth-order valence-corrected chi connectivity index (χ4v) is 1.72. The molecule has 2 heterocycles. The summed E-state index contributed by atoms with van der Waals surface area (Å²) >= 11 is 0. The van der Waals surface area contributed by atoms with E-state index < -0.39 is 0 Å². The van der Waals surface area contributed by atoms with Crippen molar-refractivity contribution in [1.82, 2.24) is 19.6 Å². The molecule has 0 aliphatic heterocycles. The van der Waals surface area contributed by atoms with Gasteiger partial charge < -0.3 is 11.1 Å². The van der Waals surface area contributed by atoms with E-state index in [4.69, 9.17) is 5.73 Å². The highest BCUT2D eigenvalue weighted by atomic mass is 16.2. The number of nitrogens with one attached hydrogen (secondary N) is 1. The van der Waals surface area contributed by atoms with Gasteiger partial charge in [-0.1, -0.05) is 0 Å². The van der Waals surface area contributed by atoms with Crippen LogP contribution in [0, 0.1) is 6.92 Å². The number of amides is 1. The summed E-state index contributed by atoms with van der Waals surface area (Å²) in [5.41, 5.74) is 7.31. The second-order valence-electron chi connectivity index (χ2n) is 3.99. The predicted octanol–water partition coefficient (Wildman–Crippen LogP) is 0.779. The van der Waals surface area contributed by atoms with Crippen LogP contribution in [0.15, 0.2) is 12.3 Å². The molecule has 0 spiro atoms. The maximum atomic E-state index is 12.1. The van der Waals surface area contributed by atoms with Crippen LogP contribution in [0.1, 0.15) is 23.1 Å². The van der Waals surface area contributed by atoms with E-state index in [0.29, 0.717) is 29.4 Å².